The van der Waals surface area contributed by atoms with Gasteiger partial charge in [0.25, 0.3) is 0 Å². The Kier molecular flexibility index (Phi) is 5.96. The van der Waals surface area contributed by atoms with Crippen molar-refractivity contribution in [3.63, 3.8) is 0 Å². The number of rotatable bonds is 6. The number of halogens is 3. The monoisotopic (exact) mass is 335 g/mol. The third-order valence-electron chi connectivity index (χ3n) is 3.75. The van der Waals surface area contributed by atoms with Gasteiger partial charge in [-0.3, -0.25) is 5.26 Å². The zero-order valence-corrected chi connectivity index (χ0v) is 13.0. The Hall–Kier alpha value is -2.36. The molecule has 0 aromatic heterocycles. The lowest BCUT2D eigenvalue weighted by molar-refractivity contribution is -0.271. The van der Waals surface area contributed by atoms with Gasteiger partial charge >= 0.3 is 0 Å². The highest BCUT2D eigenvalue weighted by Crippen LogP contribution is 2.30. The predicted octanol–water partition coefficient (Wildman–Crippen LogP) is 4.90. The summed E-state index contributed by atoms with van der Waals surface area (Å²) >= 11 is 0. The molecule has 6 heteroatoms. The lowest BCUT2D eigenvalue weighted by Gasteiger charge is -2.16. The van der Waals surface area contributed by atoms with E-state index in [2.05, 4.69) is 4.89 Å². The maximum atomic E-state index is 14.3. The third-order valence-corrected chi connectivity index (χ3v) is 3.75. The highest BCUT2D eigenvalue weighted by atomic mass is 19.1. The number of hydrogen-bond donors (Lipinski definition) is 1. The summed E-state index contributed by atoms with van der Waals surface area (Å²) in [6, 6.07) is 7.48. The van der Waals surface area contributed by atoms with Crippen molar-refractivity contribution in [2.45, 2.75) is 32.3 Å². The minimum atomic E-state index is -1.40. The van der Waals surface area contributed by atoms with Crippen LogP contribution in [-0.2, 0) is 11.3 Å². The first-order valence-corrected chi connectivity index (χ1v) is 7.49. The standard InChI is InChI=1S/C18H16F3NO2/c1-2-3-4-11-5-6-13(15(19)7-11)18(24-23)12-8-16(20)14(10-22)17(21)9-12/h5-9,18,23H,2-4H2,1H3. The molecule has 2 aromatic rings. The average molecular weight is 335 g/mol. The van der Waals surface area contributed by atoms with Crippen LogP contribution in [0.5, 0.6) is 0 Å². The maximum absolute atomic E-state index is 14.3. The van der Waals surface area contributed by atoms with Crippen LogP contribution >= 0.6 is 0 Å². The number of hydrogen-bond acceptors (Lipinski definition) is 3. The first kappa shape index (κ1) is 18.0. The zero-order chi connectivity index (χ0) is 17.7. The molecule has 0 fully saturated rings. The van der Waals surface area contributed by atoms with E-state index in [0.29, 0.717) is 6.42 Å². The van der Waals surface area contributed by atoms with Crippen LogP contribution in [0.3, 0.4) is 0 Å². The predicted molar refractivity (Wildman–Crippen MR) is 81.6 cm³/mol. The highest BCUT2D eigenvalue weighted by molar-refractivity contribution is 5.39. The summed E-state index contributed by atoms with van der Waals surface area (Å²) in [4.78, 5) is 4.25. The van der Waals surface area contributed by atoms with Crippen molar-refractivity contribution in [2.24, 2.45) is 0 Å². The van der Waals surface area contributed by atoms with E-state index in [9.17, 15) is 13.2 Å². The van der Waals surface area contributed by atoms with E-state index in [0.717, 1.165) is 30.5 Å². The SMILES string of the molecule is CCCCc1ccc(C(OO)c2cc(F)c(C#N)c(F)c2)c(F)c1. The fraction of sp³-hybridized carbons (Fsp3) is 0.278. The van der Waals surface area contributed by atoms with Gasteiger partial charge in [0.15, 0.2) is 0 Å². The van der Waals surface area contributed by atoms with Crippen molar-refractivity contribution in [1.29, 1.82) is 5.26 Å². The van der Waals surface area contributed by atoms with Gasteiger partial charge in [-0.05, 0) is 42.2 Å². The van der Waals surface area contributed by atoms with Crippen LogP contribution in [-0.4, -0.2) is 5.26 Å². The maximum Gasteiger partial charge on any atom is 0.146 e. The molecule has 3 nitrogen and oxygen atoms in total. The number of benzene rings is 2. The molecule has 0 aliphatic carbocycles. The number of aryl methyl sites for hydroxylation is 1. The van der Waals surface area contributed by atoms with Gasteiger partial charge < -0.3 is 0 Å². The number of nitrogens with zero attached hydrogens (tertiary/aromatic N) is 1. The quantitative estimate of drug-likeness (QED) is 0.603. The summed E-state index contributed by atoms with van der Waals surface area (Å²) < 4.78 is 41.8. The molecule has 1 N–H and O–H groups in total. The van der Waals surface area contributed by atoms with Crippen LogP contribution in [0.4, 0.5) is 13.2 Å². The summed E-state index contributed by atoms with van der Waals surface area (Å²) in [7, 11) is 0. The molecule has 0 amide bonds. The van der Waals surface area contributed by atoms with Gasteiger partial charge in [0.05, 0.1) is 0 Å². The van der Waals surface area contributed by atoms with E-state index >= 15 is 0 Å². The summed E-state index contributed by atoms with van der Waals surface area (Å²) in [5.74, 6) is -2.85. The van der Waals surface area contributed by atoms with E-state index in [1.54, 1.807) is 6.07 Å². The van der Waals surface area contributed by atoms with Gasteiger partial charge in [-0.25, -0.2) is 18.1 Å². The second-order valence-electron chi connectivity index (χ2n) is 5.42. The van der Waals surface area contributed by atoms with Gasteiger partial charge in [-0.1, -0.05) is 25.5 Å². The normalized spacial score (nSPS) is 12.0. The van der Waals surface area contributed by atoms with E-state index in [4.69, 9.17) is 10.5 Å². The number of unbranched alkanes of at least 4 members (excludes halogenated alkanes) is 1. The van der Waals surface area contributed by atoms with Crippen molar-refractivity contribution < 1.29 is 23.3 Å². The smallest absolute Gasteiger partial charge is 0.146 e. The topological polar surface area (TPSA) is 53.2 Å². The van der Waals surface area contributed by atoms with E-state index in [-0.39, 0.29) is 11.1 Å². The molecule has 0 radical (unpaired) electrons. The summed E-state index contributed by atoms with van der Waals surface area (Å²) in [5, 5.41) is 17.8. The molecule has 0 aliphatic heterocycles. The Bertz CT molecular complexity index is 748. The molecule has 1 unspecified atom stereocenters. The Morgan fingerprint density at radius 1 is 1.12 bits per heavy atom. The van der Waals surface area contributed by atoms with E-state index < -0.39 is 29.1 Å². The molecule has 0 saturated carbocycles. The average Bonchev–Trinajstić information content (AvgIpc) is 2.55. The molecular weight excluding hydrogens is 319 g/mol. The third kappa shape index (κ3) is 3.75. The van der Waals surface area contributed by atoms with Crippen molar-refractivity contribution >= 4 is 0 Å². The Balaban J connectivity index is 2.40. The van der Waals surface area contributed by atoms with Gasteiger partial charge in [0, 0.05) is 5.56 Å². The number of nitriles is 1. The first-order chi connectivity index (χ1) is 11.5. The molecule has 126 valence electrons. The fourth-order valence-electron chi connectivity index (χ4n) is 2.47. The van der Waals surface area contributed by atoms with Crippen LogP contribution in [0.15, 0.2) is 30.3 Å². The van der Waals surface area contributed by atoms with Crippen molar-refractivity contribution in [2.75, 3.05) is 0 Å². The lowest BCUT2D eigenvalue weighted by Crippen LogP contribution is -2.08. The molecule has 24 heavy (non-hydrogen) atoms. The summed E-state index contributed by atoms with van der Waals surface area (Å²) in [6.45, 7) is 2.02. The lowest BCUT2D eigenvalue weighted by atomic mass is 9.97. The Morgan fingerprint density at radius 2 is 1.79 bits per heavy atom. The van der Waals surface area contributed by atoms with Crippen LogP contribution in [0.2, 0.25) is 0 Å². The zero-order valence-electron chi connectivity index (χ0n) is 13.0. The second-order valence-corrected chi connectivity index (χ2v) is 5.42. The highest BCUT2D eigenvalue weighted by Gasteiger charge is 2.23. The van der Waals surface area contributed by atoms with Crippen LogP contribution in [0.25, 0.3) is 0 Å². The molecule has 0 aliphatic rings. The van der Waals surface area contributed by atoms with Gasteiger partial charge in [0.2, 0.25) is 0 Å². The van der Waals surface area contributed by atoms with Crippen molar-refractivity contribution in [3.05, 3.63) is 70.0 Å². The van der Waals surface area contributed by atoms with Crippen molar-refractivity contribution in [1.82, 2.24) is 0 Å². The molecule has 0 saturated heterocycles. The second kappa shape index (κ2) is 7.95. The molecule has 1 atom stereocenters. The van der Waals surface area contributed by atoms with Crippen LogP contribution in [0.1, 0.15) is 48.1 Å². The minimum absolute atomic E-state index is 0.0544. The van der Waals surface area contributed by atoms with Gasteiger partial charge in [0.1, 0.15) is 35.2 Å². The van der Waals surface area contributed by atoms with E-state index in [1.807, 2.05) is 6.92 Å². The van der Waals surface area contributed by atoms with Crippen LogP contribution < -0.4 is 0 Å². The van der Waals surface area contributed by atoms with Gasteiger partial charge in [-0.2, -0.15) is 5.26 Å². The van der Waals surface area contributed by atoms with Crippen molar-refractivity contribution in [3.8, 4) is 6.07 Å². The molecule has 0 bridgehead atoms. The fourth-order valence-corrected chi connectivity index (χ4v) is 2.47. The molecule has 0 heterocycles. The molecular formula is C18H16F3NO2. The van der Waals surface area contributed by atoms with E-state index in [1.165, 1.54) is 18.2 Å². The Labute approximate surface area is 137 Å². The minimum Gasteiger partial charge on any atom is -0.251 e. The summed E-state index contributed by atoms with van der Waals surface area (Å²) in [6.07, 6.45) is 1.18. The first-order valence-electron chi connectivity index (χ1n) is 7.49. The summed E-state index contributed by atoms with van der Waals surface area (Å²) in [5.41, 5.74) is -0.147. The molecule has 2 aromatic carbocycles. The molecule has 2 rings (SSSR count). The molecule has 0 spiro atoms. The van der Waals surface area contributed by atoms with Crippen LogP contribution in [0, 0.1) is 28.8 Å². The largest absolute Gasteiger partial charge is 0.251 e. The Morgan fingerprint density at radius 3 is 2.29 bits per heavy atom. The van der Waals surface area contributed by atoms with Gasteiger partial charge in [-0.15, -0.1) is 0 Å².